The molecule has 4 nitrogen and oxygen atoms in total. The number of halogens is 2. The number of anilines is 1. The Kier molecular flexibility index (Phi) is 5.73. The summed E-state index contributed by atoms with van der Waals surface area (Å²) >= 11 is 11.9. The predicted molar refractivity (Wildman–Crippen MR) is 85.7 cm³/mol. The smallest absolute Gasteiger partial charge is 0.251 e. The number of carbonyl (C=O) groups excluding carboxylic acids is 1. The van der Waals surface area contributed by atoms with Gasteiger partial charge in [0.1, 0.15) is 0 Å². The van der Waals surface area contributed by atoms with Crippen molar-refractivity contribution >= 4 is 34.8 Å². The molecule has 0 aromatic heterocycles. The van der Waals surface area contributed by atoms with Crippen LogP contribution >= 0.6 is 23.2 Å². The highest BCUT2D eigenvalue weighted by Crippen LogP contribution is 2.30. The van der Waals surface area contributed by atoms with E-state index in [1.807, 2.05) is 0 Å². The van der Waals surface area contributed by atoms with Gasteiger partial charge in [-0.1, -0.05) is 36.0 Å². The lowest BCUT2D eigenvalue weighted by Crippen LogP contribution is -2.35. The van der Waals surface area contributed by atoms with Crippen LogP contribution in [0.3, 0.4) is 0 Å². The van der Waals surface area contributed by atoms with Crippen molar-refractivity contribution in [1.82, 2.24) is 5.32 Å². The summed E-state index contributed by atoms with van der Waals surface area (Å²) < 4.78 is 0. The van der Waals surface area contributed by atoms with Crippen LogP contribution in [0.15, 0.2) is 12.1 Å². The third-order valence-corrected chi connectivity index (χ3v) is 4.79. The minimum atomic E-state index is -0.221. The second-order valence-corrected chi connectivity index (χ2v) is 6.37. The first-order chi connectivity index (χ1) is 10.0. The second-order valence-electron chi connectivity index (χ2n) is 5.55. The minimum Gasteiger partial charge on any atom is -0.396 e. The topological polar surface area (TPSA) is 75.4 Å². The Morgan fingerprint density at radius 1 is 1.24 bits per heavy atom. The van der Waals surface area contributed by atoms with Crippen LogP contribution in [0.25, 0.3) is 0 Å². The van der Waals surface area contributed by atoms with Gasteiger partial charge in [0.2, 0.25) is 0 Å². The largest absolute Gasteiger partial charge is 0.396 e. The van der Waals surface area contributed by atoms with Crippen molar-refractivity contribution in [3.63, 3.8) is 0 Å². The number of nitrogens with two attached hydrogens (primary N) is 1. The van der Waals surface area contributed by atoms with E-state index in [4.69, 9.17) is 28.9 Å². The molecule has 1 aromatic carbocycles. The highest BCUT2D eigenvalue weighted by Gasteiger charge is 2.25. The van der Waals surface area contributed by atoms with Gasteiger partial charge in [-0.3, -0.25) is 4.79 Å². The summed E-state index contributed by atoms with van der Waals surface area (Å²) in [6.07, 6.45) is 4.36. The van der Waals surface area contributed by atoms with Gasteiger partial charge in [-0.15, -0.1) is 0 Å². The van der Waals surface area contributed by atoms with Gasteiger partial charge in [0.05, 0.1) is 15.7 Å². The van der Waals surface area contributed by atoms with Crippen molar-refractivity contribution in [2.45, 2.75) is 25.7 Å². The number of nitrogens with one attached hydrogen (secondary N) is 1. The lowest BCUT2D eigenvalue weighted by Gasteiger charge is -2.30. The highest BCUT2D eigenvalue weighted by molar-refractivity contribution is 6.39. The maximum absolute atomic E-state index is 12.2. The van der Waals surface area contributed by atoms with Crippen molar-refractivity contribution < 1.29 is 9.90 Å². The molecule has 1 amide bonds. The van der Waals surface area contributed by atoms with Crippen molar-refractivity contribution in [3.8, 4) is 0 Å². The predicted octanol–water partition coefficient (Wildman–Crippen LogP) is 3.10. The molecule has 2 unspecified atom stereocenters. The van der Waals surface area contributed by atoms with Gasteiger partial charge in [0.15, 0.2) is 0 Å². The minimum absolute atomic E-state index is 0.181. The van der Waals surface area contributed by atoms with Gasteiger partial charge in [-0.2, -0.15) is 0 Å². The number of aliphatic hydroxyl groups excluding tert-OH is 1. The first-order valence-electron chi connectivity index (χ1n) is 7.16. The molecule has 0 aliphatic heterocycles. The van der Waals surface area contributed by atoms with E-state index in [1.165, 1.54) is 12.1 Å². The summed E-state index contributed by atoms with van der Waals surface area (Å²) in [5, 5.41) is 12.8. The molecule has 2 atom stereocenters. The van der Waals surface area contributed by atoms with Crippen LogP contribution in [-0.2, 0) is 0 Å². The van der Waals surface area contributed by atoms with Crippen LogP contribution in [0.2, 0.25) is 10.0 Å². The summed E-state index contributed by atoms with van der Waals surface area (Å²) in [7, 11) is 0. The summed E-state index contributed by atoms with van der Waals surface area (Å²) in [6.45, 7) is 0.740. The maximum Gasteiger partial charge on any atom is 0.251 e. The zero-order valence-electron chi connectivity index (χ0n) is 11.7. The summed E-state index contributed by atoms with van der Waals surface area (Å²) in [6, 6.07) is 3.03. The molecule has 0 bridgehead atoms. The molecule has 0 saturated heterocycles. The van der Waals surface area contributed by atoms with Crippen molar-refractivity contribution in [2.24, 2.45) is 11.8 Å². The summed E-state index contributed by atoms with van der Waals surface area (Å²) in [4.78, 5) is 12.2. The average molecular weight is 331 g/mol. The van der Waals surface area contributed by atoms with E-state index in [9.17, 15) is 9.90 Å². The lowest BCUT2D eigenvalue weighted by molar-refractivity contribution is 0.0909. The molecule has 1 saturated carbocycles. The van der Waals surface area contributed by atoms with Gasteiger partial charge in [0, 0.05) is 18.7 Å². The second kappa shape index (κ2) is 7.34. The molecular formula is C15H20Cl2N2O2. The molecule has 1 aromatic rings. The Bertz CT molecular complexity index is 499. The van der Waals surface area contributed by atoms with E-state index < -0.39 is 0 Å². The molecule has 1 fully saturated rings. The van der Waals surface area contributed by atoms with Gasteiger partial charge in [-0.05, 0) is 36.8 Å². The zero-order chi connectivity index (χ0) is 15.4. The van der Waals surface area contributed by atoms with E-state index in [0.717, 1.165) is 25.7 Å². The Hall–Kier alpha value is -0.970. The maximum atomic E-state index is 12.2. The lowest BCUT2D eigenvalue weighted by atomic mass is 9.79. The van der Waals surface area contributed by atoms with Crippen molar-refractivity contribution in [1.29, 1.82) is 0 Å². The van der Waals surface area contributed by atoms with E-state index >= 15 is 0 Å². The third-order valence-electron chi connectivity index (χ3n) is 4.17. The van der Waals surface area contributed by atoms with Gasteiger partial charge >= 0.3 is 0 Å². The number of hydrogen-bond donors (Lipinski definition) is 3. The average Bonchev–Trinajstić information content (AvgIpc) is 2.49. The van der Waals surface area contributed by atoms with Crippen LogP contribution in [0, 0.1) is 11.8 Å². The Morgan fingerprint density at radius 3 is 2.38 bits per heavy atom. The van der Waals surface area contributed by atoms with E-state index in [0.29, 0.717) is 18.0 Å². The third kappa shape index (κ3) is 4.02. The number of amides is 1. The molecule has 1 aliphatic rings. The van der Waals surface area contributed by atoms with Gasteiger partial charge < -0.3 is 16.2 Å². The summed E-state index contributed by atoms with van der Waals surface area (Å²) in [5.41, 5.74) is 6.33. The fraction of sp³-hybridized carbons (Fsp3) is 0.533. The van der Waals surface area contributed by atoms with E-state index in [1.54, 1.807) is 0 Å². The van der Waals surface area contributed by atoms with Crippen LogP contribution < -0.4 is 11.1 Å². The van der Waals surface area contributed by atoms with Crippen molar-refractivity contribution in [3.05, 3.63) is 27.7 Å². The molecule has 4 N–H and O–H groups in total. The normalized spacial score (nSPS) is 22.0. The van der Waals surface area contributed by atoms with E-state index in [2.05, 4.69) is 5.32 Å². The zero-order valence-corrected chi connectivity index (χ0v) is 13.3. The summed E-state index contributed by atoms with van der Waals surface area (Å²) in [5.74, 6) is 0.381. The molecule has 116 valence electrons. The molecule has 6 heteroatoms. The molecule has 0 heterocycles. The fourth-order valence-corrected chi connectivity index (χ4v) is 3.32. The number of benzene rings is 1. The Balaban J connectivity index is 1.98. The SMILES string of the molecule is Nc1c(Cl)cc(C(=O)NCC2CCCCC2CO)cc1Cl. The molecule has 1 aliphatic carbocycles. The first-order valence-corrected chi connectivity index (χ1v) is 7.92. The van der Waals surface area contributed by atoms with Crippen LogP contribution in [0.4, 0.5) is 5.69 Å². The molecular weight excluding hydrogens is 311 g/mol. The number of hydrogen-bond acceptors (Lipinski definition) is 3. The van der Waals surface area contributed by atoms with Crippen LogP contribution in [0.1, 0.15) is 36.0 Å². The monoisotopic (exact) mass is 330 g/mol. The molecule has 0 radical (unpaired) electrons. The molecule has 2 rings (SSSR count). The molecule has 0 spiro atoms. The quantitative estimate of drug-likeness (QED) is 0.742. The van der Waals surface area contributed by atoms with E-state index in [-0.39, 0.29) is 34.2 Å². The van der Waals surface area contributed by atoms with Crippen LogP contribution in [0.5, 0.6) is 0 Å². The number of nitrogen functional groups attached to an aromatic ring is 1. The van der Waals surface area contributed by atoms with Crippen molar-refractivity contribution in [2.75, 3.05) is 18.9 Å². The standard InChI is InChI=1S/C15H20Cl2N2O2/c16-12-5-11(6-13(17)14(12)18)15(21)19-7-9-3-1-2-4-10(9)8-20/h5-6,9-10,20H,1-4,7-8,18H2,(H,19,21). The first kappa shape index (κ1) is 16.4. The Morgan fingerprint density at radius 2 is 1.81 bits per heavy atom. The molecule has 21 heavy (non-hydrogen) atoms. The fourth-order valence-electron chi connectivity index (χ4n) is 2.83. The van der Waals surface area contributed by atoms with Gasteiger partial charge in [0.25, 0.3) is 5.91 Å². The number of carbonyl (C=O) groups is 1. The Labute approximate surface area is 134 Å². The highest BCUT2D eigenvalue weighted by atomic mass is 35.5. The number of aliphatic hydroxyl groups is 1. The van der Waals surface area contributed by atoms with Crippen LogP contribution in [-0.4, -0.2) is 24.2 Å². The number of rotatable bonds is 4. The van der Waals surface area contributed by atoms with Gasteiger partial charge in [-0.25, -0.2) is 0 Å².